The van der Waals surface area contributed by atoms with Crippen molar-refractivity contribution in [3.8, 4) is 0 Å². The van der Waals surface area contributed by atoms with Gasteiger partial charge in [-0.1, -0.05) is 0 Å². The number of H-pyrrole nitrogens is 1. The van der Waals surface area contributed by atoms with Crippen LogP contribution in [0.3, 0.4) is 0 Å². The molecule has 2 aromatic heterocycles. The van der Waals surface area contributed by atoms with E-state index in [2.05, 4.69) is 65.1 Å². The number of aliphatic imine (C=N–C) groups is 1. The van der Waals surface area contributed by atoms with Crippen LogP contribution in [-0.4, -0.2) is 39.2 Å². The molecule has 0 bridgehead atoms. The first-order chi connectivity index (χ1) is 10.1. The molecule has 0 unspecified atom stereocenters. The van der Waals surface area contributed by atoms with Gasteiger partial charge in [0.25, 0.3) is 0 Å². The Hall–Kier alpha value is -1.76. The highest BCUT2D eigenvalue weighted by Crippen LogP contribution is 2.15. The molecule has 0 atom stereocenters. The van der Waals surface area contributed by atoms with Crippen molar-refractivity contribution in [2.75, 3.05) is 13.6 Å². The first-order valence-corrected chi connectivity index (χ1v) is 7.68. The summed E-state index contributed by atoms with van der Waals surface area (Å²) < 4.78 is 3.20. The predicted molar refractivity (Wildman–Crippen MR) is 88.0 cm³/mol. The molecule has 2 N–H and O–H groups in total. The second-order valence-electron chi connectivity index (χ2n) is 4.87. The molecule has 0 radical (unpaired) electrons. The minimum Gasteiger partial charge on any atom is -0.357 e. The van der Waals surface area contributed by atoms with E-state index in [9.17, 15) is 0 Å². The number of nitrogens with one attached hydrogen (secondary N) is 2. The lowest BCUT2D eigenvalue weighted by molar-refractivity contribution is 0.461. The molecule has 0 aliphatic heterocycles. The number of hydrogen-bond donors (Lipinski definition) is 2. The SMILES string of the molecule is CCNC(=NCc1ccn[nH]1)N(C)Cc1cc(Br)cn1C. The average Bonchev–Trinajstić information content (AvgIpc) is 3.05. The van der Waals surface area contributed by atoms with Crippen LogP contribution in [0.15, 0.2) is 34.0 Å². The van der Waals surface area contributed by atoms with Crippen molar-refractivity contribution in [1.82, 2.24) is 25.0 Å². The van der Waals surface area contributed by atoms with Gasteiger partial charge in [0.15, 0.2) is 5.96 Å². The molecule has 2 rings (SSSR count). The van der Waals surface area contributed by atoms with E-state index in [0.717, 1.165) is 29.2 Å². The molecule has 0 amide bonds. The molecule has 7 heteroatoms. The summed E-state index contributed by atoms with van der Waals surface area (Å²) in [6.45, 7) is 4.28. The Balaban J connectivity index is 2.06. The molecule has 114 valence electrons. The number of nitrogens with zero attached hydrogens (tertiary/aromatic N) is 4. The van der Waals surface area contributed by atoms with E-state index in [0.29, 0.717) is 6.54 Å². The maximum absolute atomic E-state index is 4.63. The van der Waals surface area contributed by atoms with Crippen molar-refractivity contribution in [1.29, 1.82) is 0 Å². The largest absolute Gasteiger partial charge is 0.357 e. The fraction of sp³-hybridized carbons (Fsp3) is 0.429. The third kappa shape index (κ3) is 4.35. The normalized spacial score (nSPS) is 11.7. The molecule has 0 saturated heterocycles. The van der Waals surface area contributed by atoms with Gasteiger partial charge in [0.1, 0.15) is 0 Å². The minimum absolute atomic E-state index is 0.587. The van der Waals surface area contributed by atoms with E-state index in [1.807, 2.05) is 20.2 Å². The van der Waals surface area contributed by atoms with Crippen LogP contribution in [0, 0.1) is 0 Å². The van der Waals surface area contributed by atoms with Gasteiger partial charge in [0.2, 0.25) is 0 Å². The summed E-state index contributed by atoms with van der Waals surface area (Å²) in [5, 5.41) is 10.2. The number of hydrogen-bond acceptors (Lipinski definition) is 2. The van der Waals surface area contributed by atoms with Crippen LogP contribution in [0.4, 0.5) is 0 Å². The Kier molecular flexibility index (Phi) is 5.44. The van der Waals surface area contributed by atoms with Crippen molar-refractivity contribution >= 4 is 21.9 Å². The maximum atomic E-state index is 4.63. The Bertz CT molecular complexity index is 587. The van der Waals surface area contributed by atoms with Gasteiger partial charge in [0.05, 0.1) is 18.8 Å². The summed E-state index contributed by atoms with van der Waals surface area (Å²) in [5.41, 5.74) is 2.22. The average molecular weight is 353 g/mol. The molecule has 0 fully saturated rings. The van der Waals surface area contributed by atoms with Gasteiger partial charge in [-0.2, -0.15) is 5.10 Å². The second kappa shape index (κ2) is 7.31. The van der Waals surface area contributed by atoms with Crippen LogP contribution in [0.5, 0.6) is 0 Å². The van der Waals surface area contributed by atoms with Gasteiger partial charge in [-0.05, 0) is 35.0 Å². The van der Waals surface area contributed by atoms with Gasteiger partial charge >= 0.3 is 0 Å². The molecule has 0 aromatic carbocycles. The lowest BCUT2D eigenvalue weighted by Gasteiger charge is -2.22. The van der Waals surface area contributed by atoms with E-state index in [1.54, 1.807) is 6.20 Å². The van der Waals surface area contributed by atoms with Gasteiger partial charge in [-0.3, -0.25) is 5.10 Å². The first kappa shape index (κ1) is 15.6. The lowest BCUT2D eigenvalue weighted by atomic mass is 10.4. The van der Waals surface area contributed by atoms with Crippen LogP contribution < -0.4 is 5.32 Å². The predicted octanol–water partition coefficient (Wildman–Crippen LogP) is 2.11. The molecular weight excluding hydrogens is 332 g/mol. The molecule has 2 aromatic rings. The highest BCUT2D eigenvalue weighted by Gasteiger charge is 2.09. The number of aryl methyl sites for hydroxylation is 1. The lowest BCUT2D eigenvalue weighted by Crippen LogP contribution is -2.38. The van der Waals surface area contributed by atoms with Crippen LogP contribution >= 0.6 is 15.9 Å². The molecule has 21 heavy (non-hydrogen) atoms. The third-order valence-corrected chi connectivity index (χ3v) is 3.56. The quantitative estimate of drug-likeness (QED) is 0.639. The zero-order valence-corrected chi connectivity index (χ0v) is 14.2. The topological polar surface area (TPSA) is 61.2 Å². The summed E-state index contributed by atoms with van der Waals surface area (Å²) >= 11 is 3.50. The summed E-state index contributed by atoms with van der Waals surface area (Å²) in [5.74, 6) is 0.879. The van der Waals surface area contributed by atoms with Gasteiger partial charge in [0, 0.05) is 43.2 Å². The van der Waals surface area contributed by atoms with Crippen molar-refractivity contribution < 1.29 is 0 Å². The molecule has 0 saturated carbocycles. The smallest absolute Gasteiger partial charge is 0.194 e. The standard InChI is InChI=1S/C14H21BrN6/c1-4-16-14(17-8-12-5-6-18-19-12)21(3)10-13-7-11(15)9-20(13)2/h5-7,9H,4,8,10H2,1-3H3,(H,16,17)(H,18,19). The van der Waals surface area contributed by atoms with E-state index in [1.165, 1.54) is 5.69 Å². The summed E-state index contributed by atoms with van der Waals surface area (Å²) in [7, 11) is 4.08. The van der Waals surface area contributed by atoms with E-state index in [-0.39, 0.29) is 0 Å². The third-order valence-electron chi connectivity index (χ3n) is 3.13. The van der Waals surface area contributed by atoms with Crippen LogP contribution in [0.1, 0.15) is 18.3 Å². The van der Waals surface area contributed by atoms with Crippen molar-refractivity contribution in [3.63, 3.8) is 0 Å². The monoisotopic (exact) mass is 352 g/mol. The summed E-state index contributed by atoms with van der Waals surface area (Å²) in [6, 6.07) is 4.05. The summed E-state index contributed by atoms with van der Waals surface area (Å²) in [6.07, 6.45) is 3.79. The number of halogens is 1. The highest BCUT2D eigenvalue weighted by molar-refractivity contribution is 9.10. The van der Waals surface area contributed by atoms with Gasteiger partial charge in [-0.25, -0.2) is 4.99 Å². The first-order valence-electron chi connectivity index (χ1n) is 6.88. The number of aromatic nitrogens is 3. The molecule has 0 aliphatic carbocycles. The Morgan fingerprint density at radius 1 is 1.57 bits per heavy atom. The Labute approximate surface area is 133 Å². The molecule has 2 heterocycles. The number of aromatic amines is 1. The van der Waals surface area contributed by atoms with Crippen LogP contribution in [0.2, 0.25) is 0 Å². The Morgan fingerprint density at radius 2 is 2.38 bits per heavy atom. The van der Waals surface area contributed by atoms with E-state index in [4.69, 9.17) is 0 Å². The molecule has 6 nitrogen and oxygen atoms in total. The highest BCUT2D eigenvalue weighted by atomic mass is 79.9. The van der Waals surface area contributed by atoms with Crippen LogP contribution in [-0.2, 0) is 20.1 Å². The second-order valence-corrected chi connectivity index (χ2v) is 5.78. The molecular formula is C14H21BrN6. The number of rotatable bonds is 5. The zero-order chi connectivity index (χ0) is 15.2. The van der Waals surface area contributed by atoms with Crippen LogP contribution in [0.25, 0.3) is 0 Å². The summed E-state index contributed by atoms with van der Waals surface area (Å²) in [4.78, 5) is 6.74. The van der Waals surface area contributed by atoms with Crippen molar-refractivity contribution in [2.24, 2.45) is 12.0 Å². The maximum Gasteiger partial charge on any atom is 0.194 e. The van der Waals surface area contributed by atoms with Gasteiger partial charge in [-0.15, -0.1) is 0 Å². The molecule has 0 aliphatic rings. The Morgan fingerprint density at radius 3 is 2.95 bits per heavy atom. The molecule has 0 spiro atoms. The van der Waals surface area contributed by atoms with E-state index >= 15 is 0 Å². The van der Waals surface area contributed by atoms with Crippen molar-refractivity contribution in [3.05, 3.63) is 40.4 Å². The van der Waals surface area contributed by atoms with Gasteiger partial charge < -0.3 is 14.8 Å². The zero-order valence-electron chi connectivity index (χ0n) is 12.6. The fourth-order valence-corrected chi connectivity index (χ4v) is 2.62. The van der Waals surface area contributed by atoms with Crippen molar-refractivity contribution in [2.45, 2.75) is 20.0 Å². The van der Waals surface area contributed by atoms with E-state index < -0.39 is 0 Å². The minimum atomic E-state index is 0.587. The fourth-order valence-electron chi connectivity index (χ4n) is 2.04. The number of guanidine groups is 1.